The van der Waals surface area contributed by atoms with Crippen LogP contribution >= 0.6 is 0 Å². The number of carbonyl (C=O) groups excluding carboxylic acids is 1. The molecule has 1 fully saturated rings. The fraction of sp³-hybridized carbons (Fsp3) is 0.688. The first kappa shape index (κ1) is 16.7. The van der Waals surface area contributed by atoms with E-state index in [-0.39, 0.29) is 18.2 Å². The minimum Gasteiger partial charge on any atom is -0.444 e. The molecule has 0 bridgehead atoms. The lowest BCUT2D eigenvalue weighted by Crippen LogP contribution is -2.44. The molecule has 1 aromatic rings. The molecule has 1 aromatic heterocycles. The normalized spacial score (nSPS) is 20.0. The second kappa shape index (κ2) is 7.05. The molecule has 6 heteroatoms. The van der Waals surface area contributed by atoms with Crippen molar-refractivity contribution in [1.82, 2.24) is 20.2 Å². The van der Waals surface area contributed by atoms with Crippen molar-refractivity contribution < 1.29 is 9.53 Å². The summed E-state index contributed by atoms with van der Waals surface area (Å²) in [5.74, 6) is 0. The van der Waals surface area contributed by atoms with Crippen LogP contribution < -0.4 is 5.32 Å². The van der Waals surface area contributed by atoms with E-state index in [0.717, 1.165) is 31.6 Å². The smallest absolute Gasteiger partial charge is 0.410 e. The zero-order valence-electron chi connectivity index (χ0n) is 13.9. The Morgan fingerprint density at radius 1 is 1.50 bits per heavy atom. The molecule has 0 aromatic carbocycles. The molecule has 1 saturated heterocycles. The molecule has 1 aliphatic heterocycles. The Bertz CT molecular complexity index is 487. The average Bonchev–Trinajstić information content (AvgIpc) is 2.92. The van der Waals surface area contributed by atoms with E-state index in [1.807, 2.05) is 25.7 Å². The minimum absolute atomic E-state index is 0.106. The number of likely N-dealkylation sites (tertiary alicyclic amines) is 1. The minimum atomic E-state index is -0.454. The summed E-state index contributed by atoms with van der Waals surface area (Å²) >= 11 is 0. The predicted molar refractivity (Wildman–Crippen MR) is 84.4 cm³/mol. The number of hydrogen-bond donors (Lipinski definition) is 1. The van der Waals surface area contributed by atoms with Gasteiger partial charge in [0, 0.05) is 43.8 Å². The van der Waals surface area contributed by atoms with Crippen LogP contribution in [0.1, 0.15) is 52.3 Å². The number of ether oxygens (including phenoxy) is 1. The maximum atomic E-state index is 12.2. The van der Waals surface area contributed by atoms with Crippen LogP contribution in [-0.4, -0.2) is 45.7 Å². The zero-order valence-corrected chi connectivity index (χ0v) is 13.9. The van der Waals surface area contributed by atoms with Crippen molar-refractivity contribution in [2.45, 2.75) is 58.2 Å². The third-order valence-corrected chi connectivity index (χ3v) is 3.69. The molecule has 2 rings (SSSR count). The molecular formula is C16H26N4O2. The predicted octanol–water partition coefficient (Wildman–Crippen LogP) is 2.53. The maximum Gasteiger partial charge on any atom is 0.410 e. The number of hydrogen-bond acceptors (Lipinski definition) is 5. The Labute approximate surface area is 132 Å². The fourth-order valence-electron chi connectivity index (χ4n) is 2.56. The van der Waals surface area contributed by atoms with Gasteiger partial charge in [-0.1, -0.05) is 0 Å². The van der Waals surface area contributed by atoms with Crippen LogP contribution in [0.25, 0.3) is 0 Å². The topological polar surface area (TPSA) is 67.4 Å². The zero-order chi connectivity index (χ0) is 16.2. The van der Waals surface area contributed by atoms with Crippen molar-refractivity contribution in [2.75, 3.05) is 13.1 Å². The quantitative estimate of drug-likeness (QED) is 0.926. The first-order valence-electron chi connectivity index (χ1n) is 7.86. The van der Waals surface area contributed by atoms with Gasteiger partial charge in [-0.3, -0.25) is 9.97 Å². The highest BCUT2D eigenvalue weighted by Gasteiger charge is 2.32. The van der Waals surface area contributed by atoms with Gasteiger partial charge in [0.15, 0.2) is 0 Å². The SMILES string of the molecule is C[C@@H](NC[C@@H]1CCCN1C(=O)OC(C)(C)C)c1cnccn1. The van der Waals surface area contributed by atoms with Crippen LogP contribution in [0.4, 0.5) is 4.79 Å². The summed E-state index contributed by atoms with van der Waals surface area (Å²) in [5, 5.41) is 3.44. The standard InChI is InChI=1S/C16H26N4O2/c1-12(14-11-17-7-8-18-14)19-10-13-6-5-9-20(13)15(21)22-16(2,3)4/h7-8,11-13,19H,5-6,9-10H2,1-4H3/t12-,13+/m1/s1. The van der Waals surface area contributed by atoms with Crippen molar-refractivity contribution in [3.63, 3.8) is 0 Å². The number of rotatable bonds is 4. The largest absolute Gasteiger partial charge is 0.444 e. The third-order valence-electron chi connectivity index (χ3n) is 3.69. The van der Waals surface area contributed by atoms with E-state index in [4.69, 9.17) is 4.74 Å². The molecule has 0 spiro atoms. The van der Waals surface area contributed by atoms with Gasteiger partial charge in [-0.25, -0.2) is 4.79 Å². The van der Waals surface area contributed by atoms with Crippen LogP contribution in [0.3, 0.4) is 0 Å². The van der Waals surface area contributed by atoms with Gasteiger partial charge in [-0.05, 0) is 40.5 Å². The Morgan fingerprint density at radius 3 is 2.91 bits per heavy atom. The van der Waals surface area contributed by atoms with E-state index in [2.05, 4.69) is 22.2 Å². The van der Waals surface area contributed by atoms with Gasteiger partial charge in [0.1, 0.15) is 5.60 Å². The molecule has 0 radical (unpaired) electrons. The summed E-state index contributed by atoms with van der Waals surface area (Å²) in [4.78, 5) is 22.5. The molecule has 2 atom stereocenters. The molecule has 0 aliphatic carbocycles. The number of aromatic nitrogens is 2. The average molecular weight is 306 g/mol. The monoisotopic (exact) mass is 306 g/mol. The van der Waals surface area contributed by atoms with Gasteiger partial charge in [0.25, 0.3) is 0 Å². The molecule has 1 N–H and O–H groups in total. The summed E-state index contributed by atoms with van der Waals surface area (Å²) in [6.45, 7) is 9.23. The van der Waals surface area contributed by atoms with E-state index in [9.17, 15) is 4.79 Å². The molecule has 22 heavy (non-hydrogen) atoms. The van der Waals surface area contributed by atoms with Gasteiger partial charge >= 0.3 is 6.09 Å². The number of amides is 1. The van der Waals surface area contributed by atoms with Crippen molar-refractivity contribution in [3.05, 3.63) is 24.3 Å². The van der Waals surface area contributed by atoms with Crippen LogP contribution in [0.2, 0.25) is 0 Å². The van der Waals surface area contributed by atoms with Crippen molar-refractivity contribution in [1.29, 1.82) is 0 Å². The number of nitrogens with zero attached hydrogens (tertiary/aromatic N) is 3. The second-order valence-electron chi connectivity index (χ2n) is 6.73. The Morgan fingerprint density at radius 2 is 2.27 bits per heavy atom. The third kappa shape index (κ3) is 4.66. The van der Waals surface area contributed by atoms with E-state index >= 15 is 0 Å². The highest BCUT2D eigenvalue weighted by atomic mass is 16.6. The first-order valence-corrected chi connectivity index (χ1v) is 7.86. The van der Waals surface area contributed by atoms with Gasteiger partial charge in [-0.2, -0.15) is 0 Å². The van der Waals surface area contributed by atoms with Crippen molar-refractivity contribution >= 4 is 6.09 Å². The summed E-state index contributed by atoms with van der Waals surface area (Å²) in [6.07, 6.45) is 6.92. The van der Waals surface area contributed by atoms with Gasteiger partial charge in [0.05, 0.1) is 5.69 Å². The van der Waals surface area contributed by atoms with Crippen molar-refractivity contribution in [2.24, 2.45) is 0 Å². The lowest BCUT2D eigenvalue weighted by molar-refractivity contribution is 0.0225. The maximum absolute atomic E-state index is 12.2. The van der Waals surface area contributed by atoms with Gasteiger partial charge < -0.3 is 15.0 Å². The molecule has 0 unspecified atom stereocenters. The van der Waals surface area contributed by atoms with Gasteiger partial charge in [-0.15, -0.1) is 0 Å². The van der Waals surface area contributed by atoms with Crippen LogP contribution in [0.5, 0.6) is 0 Å². The molecular weight excluding hydrogens is 280 g/mol. The second-order valence-corrected chi connectivity index (χ2v) is 6.73. The van der Waals surface area contributed by atoms with E-state index in [1.54, 1.807) is 18.6 Å². The number of nitrogens with one attached hydrogen (secondary N) is 1. The summed E-state index contributed by atoms with van der Waals surface area (Å²) in [5.41, 5.74) is 0.453. The molecule has 2 heterocycles. The highest BCUT2D eigenvalue weighted by molar-refractivity contribution is 5.69. The van der Waals surface area contributed by atoms with Crippen molar-refractivity contribution in [3.8, 4) is 0 Å². The molecule has 1 aliphatic rings. The van der Waals surface area contributed by atoms with E-state index in [1.165, 1.54) is 0 Å². The summed E-state index contributed by atoms with van der Waals surface area (Å²) in [6, 6.07) is 0.281. The Balaban J connectivity index is 1.87. The van der Waals surface area contributed by atoms with Crippen LogP contribution in [0, 0.1) is 0 Å². The first-order chi connectivity index (χ1) is 10.4. The lowest BCUT2D eigenvalue weighted by atomic mass is 10.2. The van der Waals surface area contributed by atoms with E-state index in [0.29, 0.717) is 0 Å². The van der Waals surface area contributed by atoms with Crippen LogP contribution in [0.15, 0.2) is 18.6 Å². The summed E-state index contributed by atoms with van der Waals surface area (Å²) in [7, 11) is 0. The Kier molecular flexibility index (Phi) is 5.34. The lowest BCUT2D eigenvalue weighted by Gasteiger charge is -2.29. The van der Waals surface area contributed by atoms with Gasteiger partial charge in [0.2, 0.25) is 0 Å². The Hall–Kier alpha value is -1.69. The highest BCUT2D eigenvalue weighted by Crippen LogP contribution is 2.21. The molecule has 6 nitrogen and oxygen atoms in total. The molecule has 0 saturated carbocycles. The molecule has 1 amide bonds. The summed E-state index contributed by atoms with van der Waals surface area (Å²) < 4.78 is 5.48. The number of carbonyl (C=O) groups is 1. The molecule has 122 valence electrons. The fourth-order valence-corrected chi connectivity index (χ4v) is 2.56. The van der Waals surface area contributed by atoms with E-state index < -0.39 is 5.60 Å². The van der Waals surface area contributed by atoms with Crippen LogP contribution in [-0.2, 0) is 4.74 Å².